The Morgan fingerprint density at radius 1 is 1.26 bits per heavy atom. The molecule has 0 saturated carbocycles. The lowest BCUT2D eigenvalue weighted by Crippen LogP contribution is -2.20. The molecule has 23 heavy (non-hydrogen) atoms. The molecule has 1 aromatic carbocycles. The smallest absolute Gasteiger partial charge is 0.334 e. The molecule has 0 radical (unpaired) electrons. The van der Waals surface area contributed by atoms with E-state index in [0.29, 0.717) is 21.5 Å². The molecule has 2 aromatic rings. The Labute approximate surface area is 141 Å². The Bertz CT molecular complexity index is 708. The van der Waals surface area contributed by atoms with Crippen molar-refractivity contribution in [2.45, 2.75) is 19.6 Å². The second kappa shape index (κ2) is 7.39. The summed E-state index contributed by atoms with van der Waals surface area (Å²) in [7, 11) is 0. The van der Waals surface area contributed by atoms with E-state index >= 15 is 0 Å². The zero-order valence-corrected chi connectivity index (χ0v) is 13.5. The molecule has 0 aliphatic rings. The van der Waals surface area contributed by atoms with Crippen LogP contribution in [0.3, 0.4) is 0 Å². The minimum Gasteiger partial charge on any atom is -0.479 e. The molecule has 0 aliphatic carbocycles. The predicted molar refractivity (Wildman–Crippen MR) is 84.6 cm³/mol. The van der Waals surface area contributed by atoms with Gasteiger partial charge in [0.05, 0.1) is 0 Å². The first-order chi connectivity index (χ1) is 10.8. The van der Waals surface area contributed by atoms with Gasteiger partial charge in [-0.25, -0.2) is 4.79 Å². The van der Waals surface area contributed by atoms with Gasteiger partial charge in [-0.05, 0) is 30.3 Å². The van der Waals surface area contributed by atoms with E-state index in [1.807, 2.05) is 0 Å². The molecule has 0 bridgehead atoms. The van der Waals surface area contributed by atoms with Gasteiger partial charge in [0.2, 0.25) is 0 Å². The van der Waals surface area contributed by atoms with E-state index in [-0.39, 0.29) is 12.4 Å². The summed E-state index contributed by atoms with van der Waals surface area (Å²) in [6, 6.07) is 6.53. The van der Waals surface area contributed by atoms with Gasteiger partial charge in [0, 0.05) is 22.7 Å². The molecular weight excluding hydrogens is 345 g/mol. The molecule has 1 heterocycles. The molecule has 0 amide bonds. The third kappa shape index (κ3) is 4.91. The van der Waals surface area contributed by atoms with Crippen molar-refractivity contribution in [2.24, 2.45) is 0 Å². The van der Waals surface area contributed by atoms with Gasteiger partial charge in [-0.15, -0.1) is 0 Å². The summed E-state index contributed by atoms with van der Waals surface area (Å²) in [5.41, 5.74) is 0.438. The van der Waals surface area contributed by atoms with Crippen LogP contribution in [0.5, 0.6) is 0 Å². The molecule has 122 valence electrons. The van der Waals surface area contributed by atoms with Crippen molar-refractivity contribution < 1.29 is 23.8 Å². The highest BCUT2D eigenvalue weighted by atomic mass is 35.5. The number of ether oxygens (including phenoxy) is 1. The van der Waals surface area contributed by atoms with Crippen LogP contribution in [0.4, 0.5) is 5.69 Å². The number of carbonyl (C=O) groups is 2. The van der Waals surface area contributed by atoms with Gasteiger partial charge >= 0.3 is 11.9 Å². The summed E-state index contributed by atoms with van der Waals surface area (Å²) in [4.78, 5) is 22.3. The molecule has 0 spiro atoms. The highest BCUT2D eigenvalue weighted by molar-refractivity contribution is 6.35. The van der Waals surface area contributed by atoms with E-state index in [1.54, 1.807) is 18.2 Å². The number of hydrogen-bond donors (Lipinski definition) is 2. The van der Waals surface area contributed by atoms with Crippen molar-refractivity contribution in [3.8, 4) is 0 Å². The van der Waals surface area contributed by atoms with Crippen molar-refractivity contribution >= 4 is 40.8 Å². The zero-order chi connectivity index (χ0) is 17.0. The lowest BCUT2D eigenvalue weighted by atomic mass is 10.2. The number of nitrogens with one attached hydrogen (secondary N) is 1. The number of carboxylic acid groups (broad SMARTS) is 1. The molecule has 6 nitrogen and oxygen atoms in total. The fourth-order valence-corrected chi connectivity index (χ4v) is 2.38. The number of hydrogen-bond acceptors (Lipinski definition) is 5. The van der Waals surface area contributed by atoms with E-state index in [2.05, 4.69) is 5.32 Å². The summed E-state index contributed by atoms with van der Waals surface area (Å²) in [5.74, 6) is -1.10. The summed E-state index contributed by atoms with van der Waals surface area (Å²) in [5, 5.41) is 12.9. The first-order valence-corrected chi connectivity index (χ1v) is 7.28. The lowest BCUT2D eigenvalue weighted by Gasteiger charge is -2.14. The molecule has 0 fully saturated rings. The lowest BCUT2D eigenvalue weighted by molar-refractivity contribution is -0.143. The van der Waals surface area contributed by atoms with Crippen LogP contribution in [0.25, 0.3) is 0 Å². The zero-order valence-electron chi connectivity index (χ0n) is 12.0. The summed E-state index contributed by atoms with van der Waals surface area (Å²) >= 11 is 11.8. The molecule has 2 N–H and O–H groups in total. The van der Waals surface area contributed by atoms with Crippen molar-refractivity contribution in [2.75, 3.05) is 5.32 Å². The molecule has 0 aliphatic heterocycles. The number of esters is 1. The number of rotatable bonds is 6. The van der Waals surface area contributed by atoms with Crippen LogP contribution in [0.15, 0.2) is 34.7 Å². The Balaban J connectivity index is 2.18. The minimum absolute atomic E-state index is 0.0648. The quantitative estimate of drug-likeness (QED) is 0.762. The van der Waals surface area contributed by atoms with E-state index in [0.717, 1.165) is 0 Å². The van der Waals surface area contributed by atoms with E-state index in [4.69, 9.17) is 32.4 Å². The Morgan fingerprint density at radius 2 is 1.91 bits per heavy atom. The highest BCUT2D eigenvalue weighted by Crippen LogP contribution is 2.27. The number of aliphatic carboxylic acids is 1. The van der Waals surface area contributed by atoms with Gasteiger partial charge in [-0.2, -0.15) is 0 Å². The average molecular weight is 358 g/mol. The summed E-state index contributed by atoms with van der Waals surface area (Å²) in [6.07, 6.45) is 0. The molecular formula is C15H13Cl2NO5. The minimum atomic E-state index is -1.14. The second-order valence-corrected chi connectivity index (χ2v) is 5.53. The standard InChI is InChI=1S/C15H13Cl2NO5/c1-8(19)22-7-12-2-3-13(23-12)14(15(20)21)18-11-5-9(16)4-10(17)6-11/h2-6,14,18H,7H2,1H3,(H,20,21). The molecule has 1 aromatic heterocycles. The maximum Gasteiger partial charge on any atom is 0.334 e. The largest absolute Gasteiger partial charge is 0.479 e. The third-order valence-electron chi connectivity index (χ3n) is 2.81. The molecule has 8 heteroatoms. The number of anilines is 1. The first kappa shape index (κ1) is 17.2. The van der Waals surface area contributed by atoms with Gasteiger partial charge in [0.25, 0.3) is 0 Å². The summed E-state index contributed by atoms with van der Waals surface area (Å²) < 4.78 is 10.2. The number of halogens is 2. The highest BCUT2D eigenvalue weighted by Gasteiger charge is 2.24. The number of carbonyl (C=O) groups excluding carboxylic acids is 1. The Hall–Kier alpha value is -2.18. The Morgan fingerprint density at radius 3 is 2.48 bits per heavy atom. The second-order valence-electron chi connectivity index (χ2n) is 4.66. The fraction of sp³-hybridized carbons (Fsp3) is 0.200. The average Bonchev–Trinajstić information content (AvgIpc) is 2.89. The van der Waals surface area contributed by atoms with E-state index < -0.39 is 18.0 Å². The first-order valence-electron chi connectivity index (χ1n) is 6.52. The summed E-state index contributed by atoms with van der Waals surface area (Å²) in [6.45, 7) is 1.21. The van der Waals surface area contributed by atoms with Crippen LogP contribution in [0.2, 0.25) is 10.0 Å². The predicted octanol–water partition coefficient (Wildman–Crippen LogP) is 3.89. The normalized spacial score (nSPS) is 11.8. The van der Waals surface area contributed by atoms with Gasteiger partial charge < -0.3 is 19.6 Å². The van der Waals surface area contributed by atoms with Gasteiger partial charge in [0.1, 0.15) is 18.1 Å². The van der Waals surface area contributed by atoms with Crippen LogP contribution in [-0.2, 0) is 20.9 Å². The van der Waals surface area contributed by atoms with E-state index in [9.17, 15) is 14.7 Å². The van der Waals surface area contributed by atoms with Crippen LogP contribution >= 0.6 is 23.2 Å². The van der Waals surface area contributed by atoms with Gasteiger partial charge in [0.15, 0.2) is 6.04 Å². The monoisotopic (exact) mass is 357 g/mol. The SMILES string of the molecule is CC(=O)OCc1ccc(C(Nc2cc(Cl)cc(Cl)c2)C(=O)O)o1. The van der Waals surface area contributed by atoms with Gasteiger partial charge in [-0.1, -0.05) is 23.2 Å². The van der Waals surface area contributed by atoms with Crippen molar-refractivity contribution in [1.82, 2.24) is 0 Å². The van der Waals surface area contributed by atoms with Crippen LogP contribution < -0.4 is 5.32 Å². The number of furan rings is 1. The number of carboxylic acids is 1. The Kier molecular flexibility index (Phi) is 5.52. The third-order valence-corrected chi connectivity index (χ3v) is 3.24. The molecule has 2 rings (SSSR count). The van der Waals surface area contributed by atoms with Crippen molar-refractivity contribution in [1.29, 1.82) is 0 Å². The van der Waals surface area contributed by atoms with Crippen LogP contribution in [0.1, 0.15) is 24.5 Å². The van der Waals surface area contributed by atoms with E-state index in [1.165, 1.54) is 19.1 Å². The van der Waals surface area contributed by atoms with Crippen LogP contribution in [-0.4, -0.2) is 17.0 Å². The van der Waals surface area contributed by atoms with Crippen molar-refractivity contribution in [3.05, 3.63) is 51.9 Å². The number of benzene rings is 1. The fourth-order valence-electron chi connectivity index (χ4n) is 1.86. The topological polar surface area (TPSA) is 88.8 Å². The molecule has 1 atom stereocenters. The van der Waals surface area contributed by atoms with Crippen molar-refractivity contribution in [3.63, 3.8) is 0 Å². The van der Waals surface area contributed by atoms with Crippen LogP contribution in [0, 0.1) is 0 Å². The maximum atomic E-state index is 11.5. The maximum absolute atomic E-state index is 11.5. The molecule has 1 unspecified atom stereocenters. The van der Waals surface area contributed by atoms with Gasteiger partial charge in [-0.3, -0.25) is 4.79 Å². The molecule has 0 saturated heterocycles.